The molecule has 0 radical (unpaired) electrons. The van der Waals surface area contributed by atoms with Gasteiger partial charge in [-0.2, -0.15) is 0 Å². The normalized spacial score (nSPS) is 16.7. The van der Waals surface area contributed by atoms with Crippen LogP contribution in [0.1, 0.15) is 36.7 Å². The van der Waals surface area contributed by atoms with Crippen molar-refractivity contribution < 1.29 is 14.8 Å². The summed E-state index contributed by atoms with van der Waals surface area (Å²) >= 11 is 0. The van der Waals surface area contributed by atoms with Crippen LogP contribution in [0.3, 0.4) is 0 Å². The third-order valence-electron chi connectivity index (χ3n) is 3.53. The Kier molecular flexibility index (Phi) is 3.57. The number of aromatic nitrogens is 1. The van der Waals surface area contributed by atoms with Crippen molar-refractivity contribution in [1.29, 1.82) is 0 Å². The standard InChI is InChI=1S/C12H17N3O4/c1-2-14-7-9(15(18)19)6-10(14)11(16)13-8-12(17)4-3-5-12/h6-7,17H,2-5,8H2,1H3,(H,13,16). The average molecular weight is 267 g/mol. The second-order valence-electron chi connectivity index (χ2n) is 4.89. The monoisotopic (exact) mass is 267 g/mol. The first-order chi connectivity index (χ1) is 8.95. The highest BCUT2D eigenvalue weighted by molar-refractivity contribution is 5.93. The average Bonchev–Trinajstić information content (AvgIpc) is 2.77. The van der Waals surface area contributed by atoms with Crippen LogP contribution in [0.15, 0.2) is 12.3 Å². The van der Waals surface area contributed by atoms with Gasteiger partial charge in [0.05, 0.1) is 16.7 Å². The molecule has 1 amide bonds. The molecule has 19 heavy (non-hydrogen) atoms. The number of nitrogens with zero attached hydrogens (tertiary/aromatic N) is 2. The zero-order valence-electron chi connectivity index (χ0n) is 10.8. The van der Waals surface area contributed by atoms with Crippen molar-refractivity contribution in [3.05, 3.63) is 28.1 Å². The van der Waals surface area contributed by atoms with Crippen molar-refractivity contribution in [1.82, 2.24) is 9.88 Å². The van der Waals surface area contributed by atoms with Gasteiger partial charge in [-0.25, -0.2) is 0 Å². The zero-order valence-corrected chi connectivity index (χ0v) is 10.8. The van der Waals surface area contributed by atoms with Crippen molar-refractivity contribution >= 4 is 11.6 Å². The van der Waals surface area contributed by atoms with Gasteiger partial charge >= 0.3 is 0 Å². The molecule has 2 rings (SSSR count). The van der Waals surface area contributed by atoms with Gasteiger partial charge in [-0.1, -0.05) is 0 Å². The van der Waals surface area contributed by atoms with Gasteiger partial charge in [0, 0.05) is 19.2 Å². The fourth-order valence-corrected chi connectivity index (χ4v) is 2.14. The predicted molar refractivity (Wildman–Crippen MR) is 67.9 cm³/mol. The number of aliphatic hydroxyl groups is 1. The van der Waals surface area contributed by atoms with Crippen molar-refractivity contribution in [2.75, 3.05) is 6.54 Å². The van der Waals surface area contributed by atoms with E-state index in [4.69, 9.17) is 0 Å². The lowest BCUT2D eigenvalue weighted by molar-refractivity contribution is -0.384. The molecular weight excluding hydrogens is 250 g/mol. The number of amides is 1. The number of nitrogens with one attached hydrogen (secondary N) is 1. The number of hydrogen-bond acceptors (Lipinski definition) is 4. The van der Waals surface area contributed by atoms with E-state index in [1.54, 1.807) is 6.92 Å². The summed E-state index contributed by atoms with van der Waals surface area (Å²) in [7, 11) is 0. The SMILES string of the molecule is CCn1cc([N+](=O)[O-])cc1C(=O)NCC1(O)CCC1. The van der Waals surface area contributed by atoms with E-state index < -0.39 is 16.4 Å². The Morgan fingerprint density at radius 1 is 1.63 bits per heavy atom. The van der Waals surface area contributed by atoms with Gasteiger partial charge < -0.3 is 15.0 Å². The third-order valence-corrected chi connectivity index (χ3v) is 3.53. The molecule has 1 aliphatic carbocycles. The number of nitro groups is 1. The van der Waals surface area contributed by atoms with Crippen LogP contribution in [0.2, 0.25) is 0 Å². The van der Waals surface area contributed by atoms with Gasteiger partial charge in [-0.05, 0) is 26.2 Å². The molecule has 1 heterocycles. The van der Waals surface area contributed by atoms with E-state index >= 15 is 0 Å². The van der Waals surface area contributed by atoms with Crippen LogP contribution in [0.4, 0.5) is 5.69 Å². The summed E-state index contributed by atoms with van der Waals surface area (Å²) < 4.78 is 1.53. The Labute approximate surface area is 110 Å². The molecule has 7 nitrogen and oxygen atoms in total. The first-order valence-corrected chi connectivity index (χ1v) is 6.30. The lowest BCUT2D eigenvalue weighted by Gasteiger charge is -2.36. The first kappa shape index (κ1) is 13.5. The third kappa shape index (κ3) is 2.76. The number of carbonyl (C=O) groups excluding carboxylic acids is 1. The molecule has 0 aromatic carbocycles. The van der Waals surface area contributed by atoms with Gasteiger partial charge in [0.1, 0.15) is 5.69 Å². The second kappa shape index (κ2) is 5.00. The maximum atomic E-state index is 12.0. The number of rotatable bonds is 5. The number of hydrogen-bond donors (Lipinski definition) is 2. The van der Waals surface area contributed by atoms with E-state index in [0.29, 0.717) is 19.4 Å². The maximum Gasteiger partial charge on any atom is 0.287 e. The summed E-state index contributed by atoms with van der Waals surface area (Å²) in [6, 6.07) is 1.25. The highest BCUT2D eigenvalue weighted by Gasteiger charge is 2.34. The fourth-order valence-electron chi connectivity index (χ4n) is 2.14. The molecule has 0 spiro atoms. The van der Waals surface area contributed by atoms with E-state index in [0.717, 1.165) is 6.42 Å². The predicted octanol–water partition coefficient (Wildman–Crippen LogP) is 1.06. The van der Waals surface area contributed by atoms with E-state index in [1.807, 2.05) is 0 Å². The lowest BCUT2D eigenvalue weighted by Crippen LogP contribution is -2.48. The van der Waals surface area contributed by atoms with Gasteiger partial charge in [-0.15, -0.1) is 0 Å². The molecule has 2 N–H and O–H groups in total. The zero-order chi connectivity index (χ0) is 14.0. The van der Waals surface area contributed by atoms with E-state index in [9.17, 15) is 20.0 Å². The second-order valence-corrected chi connectivity index (χ2v) is 4.89. The Morgan fingerprint density at radius 2 is 2.32 bits per heavy atom. The van der Waals surface area contributed by atoms with Crippen molar-refractivity contribution in [2.24, 2.45) is 0 Å². The lowest BCUT2D eigenvalue weighted by atomic mass is 9.80. The topological polar surface area (TPSA) is 97.4 Å². The maximum absolute atomic E-state index is 12.0. The van der Waals surface area contributed by atoms with Crippen LogP contribution in [0, 0.1) is 10.1 Å². The molecule has 7 heteroatoms. The van der Waals surface area contributed by atoms with Gasteiger partial charge in [-0.3, -0.25) is 14.9 Å². The van der Waals surface area contributed by atoms with E-state index in [2.05, 4.69) is 5.32 Å². The Morgan fingerprint density at radius 3 is 2.79 bits per heavy atom. The Bertz CT molecular complexity index is 505. The van der Waals surface area contributed by atoms with Crippen LogP contribution >= 0.6 is 0 Å². The quantitative estimate of drug-likeness (QED) is 0.615. The molecule has 0 saturated heterocycles. The summed E-state index contributed by atoms with van der Waals surface area (Å²) in [5, 5.41) is 23.2. The summed E-state index contributed by atoms with van der Waals surface area (Å²) in [5.74, 6) is -0.393. The molecule has 1 aromatic rings. The van der Waals surface area contributed by atoms with Crippen LogP contribution in [-0.2, 0) is 6.54 Å². The highest BCUT2D eigenvalue weighted by atomic mass is 16.6. The molecule has 1 fully saturated rings. The number of carbonyl (C=O) groups is 1. The van der Waals surface area contributed by atoms with Gasteiger partial charge in [0.15, 0.2) is 0 Å². The molecule has 1 aliphatic rings. The molecule has 1 saturated carbocycles. The first-order valence-electron chi connectivity index (χ1n) is 6.30. The minimum absolute atomic E-state index is 0.102. The van der Waals surface area contributed by atoms with Crippen LogP contribution in [-0.4, -0.2) is 32.6 Å². The van der Waals surface area contributed by atoms with Crippen LogP contribution in [0.5, 0.6) is 0 Å². The number of aryl methyl sites for hydroxylation is 1. The van der Waals surface area contributed by atoms with Crippen LogP contribution < -0.4 is 5.32 Å². The minimum atomic E-state index is -0.800. The summed E-state index contributed by atoms with van der Waals surface area (Å²) in [5.41, 5.74) is -0.655. The molecule has 0 atom stereocenters. The molecule has 0 unspecified atom stereocenters. The fraction of sp³-hybridized carbons (Fsp3) is 0.583. The molecule has 104 valence electrons. The smallest absolute Gasteiger partial charge is 0.287 e. The molecule has 0 bridgehead atoms. The molecule has 0 aliphatic heterocycles. The van der Waals surface area contributed by atoms with Crippen LogP contribution in [0.25, 0.3) is 0 Å². The highest BCUT2D eigenvalue weighted by Crippen LogP contribution is 2.30. The Hall–Kier alpha value is -1.89. The summed E-state index contributed by atoms with van der Waals surface area (Å²) in [4.78, 5) is 22.2. The van der Waals surface area contributed by atoms with Gasteiger partial charge in [0.2, 0.25) is 0 Å². The molecule has 1 aromatic heterocycles. The largest absolute Gasteiger partial charge is 0.388 e. The Balaban J connectivity index is 2.07. The molecular formula is C12H17N3O4. The van der Waals surface area contributed by atoms with E-state index in [-0.39, 0.29) is 17.9 Å². The summed E-state index contributed by atoms with van der Waals surface area (Å²) in [6.07, 6.45) is 3.67. The summed E-state index contributed by atoms with van der Waals surface area (Å²) in [6.45, 7) is 2.47. The van der Waals surface area contributed by atoms with Gasteiger partial charge in [0.25, 0.3) is 11.6 Å². The van der Waals surface area contributed by atoms with Crippen molar-refractivity contribution in [3.63, 3.8) is 0 Å². The van der Waals surface area contributed by atoms with E-state index in [1.165, 1.54) is 16.8 Å². The minimum Gasteiger partial charge on any atom is -0.388 e. The van der Waals surface area contributed by atoms with Crippen molar-refractivity contribution in [3.8, 4) is 0 Å². The van der Waals surface area contributed by atoms with Crippen molar-refractivity contribution in [2.45, 2.75) is 38.3 Å².